The van der Waals surface area contributed by atoms with Crippen LogP contribution in [0.15, 0.2) is 18.3 Å². The van der Waals surface area contributed by atoms with Crippen LogP contribution in [-0.4, -0.2) is 22.1 Å². The Balaban J connectivity index is 2.00. The van der Waals surface area contributed by atoms with E-state index in [4.69, 9.17) is 0 Å². The minimum Gasteiger partial charge on any atom is -0.393 e. The van der Waals surface area contributed by atoms with Gasteiger partial charge in [-0.05, 0) is 50.7 Å². The monoisotopic (exact) mass is 276 g/mol. The summed E-state index contributed by atoms with van der Waals surface area (Å²) in [6, 6.07) is 3.92. The highest BCUT2D eigenvalue weighted by Crippen LogP contribution is 2.26. The summed E-state index contributed by atoms with van der Waals surface area (Å²) < 4.78 is 0. The number of nitrogens with zero attached hydrogens (tertiary/aromatic N) is 1. The maximum atomic E-state index is 12.3. The molecule has 0 aliphatic heterocycles. The SMILES string of the molecule is CC[C@H](NC(=O)C1CCC(O)CC1)c1ncccc1C. The van der Waals surface area contributed by atoms with E-state index >= 15 is 0 Å². The van der Waals surface area contributed by atoms with E-state index in [1.807, 2.05) is 19.1 Å². The summed E-state index contributed by atoms with van der Waals surface area (Å²) in [6.45, 7) is 4.08. The molecule has 1 fully saturated rings. The standard InChI is InChI=1S/C16H24N2O2/c1-3-14(15-11(2)5-4-10-17-15)18-16(20)12-6-8-13(19)9-7-12/h4-5,10,12-14,19H,3,6-9H2,1-2H3,(H,18,20)/t12?,13?,14-/m0/s1. The molecule has 1 aromatic rings. The molecule has 0 unspecified atom stereocenters. The summed E-state index contributed by atoms with van der Waals surface area (Å²) in [5, 5.41) is 12.6. The van der Waals surface area contributed by atoms with Gasteiger partial charge in [-0.2, -0.15) is 0 Å². The Morgan fingerprint density at radius 2 is 2.15 bits per heavy atom. The largest absolute Gasteiger partial charge is 0.393 e. The summed E-state index contributed by atoms with van der Waals surface area (Å²) in [5.74, 6) is 0.144. The van der Waals surface area contributed by atoms with E-state index in [1.165, 1.54) is 0 Å². The number of pyridine rings is 1. The maximum Gasteiger partial charge on any atom is 0.223 e. The van der Waals surface area contributed by atoms with Crippen LogP contribution < -0.4 is 5.32 Å². The van der Waals surface area contributed by atoms with Gasteiger partial charge in [-0.3, -0.25) is 9.78 Å². The van der Waals surface area contributed by atoms with Crippen molar-refractivity contribution < 1.29 is 9.90 Å². The number of hydrogen-bond acceptors (Lipinski definition) is 3. The number of amides is 1. The van der Waals surface area contributed by atoms with E-state index in [-0.39, 0.29) is 24.0 Å². The van der Waals surface area contributed by atoms with Gasteiger partial charge in [0.1, 0.15) is 0 Å². The second-order valence-electron chi connectivity index (χ2n) is 5.68. The number of rotatable bonds is 4. The first-order valence-electron chi connectivity index (χ1n) is 7.51. The van der Waals surface area contributed by atoms with Crippen molar-refractivity contribution in [3.05, 3.63) is 29.6 Å². The molecule has 4 heteroatoms. The molecule has 0 saturated heterocycles. The van der Waals surface area contributed by atoms with Crippen LogP contribution >= 0.6 is 0 Å². The third-order valence-corrected chi connectivity index (χ3v) is 4.17. The molecule has 1 amide bonds. The van der Waals surface area contributed by atoms with Gasteiger partial charge in [0.05, 0.1) is 17.8 Å². The Morgan fingerprint density at radius 3 is 2.75 bits per heavy atom. The fourth-order valence-electron chi connectivity index (χ4n) is 2.85. The van der Waals surface area contributed by atoms with Gasteiger partial charge >= 0.3 is 0 Å². The van der Waals surface area contributed by atoms with Crippen LogP contribution in [0.25, 0.3) is 0 Å². The van der Waals surface area contributed by atoms with E-state index in [0.717, 1.165) is 43.4 Å². The van der Waals surface area contributed by atoms with Crippen LogP contribution in [0.3, 0.4) is 0 Å². The molecule has 0 radical (unpaired) electrons. The van der Waals surface area contributed by atoms with E-state index in [2.05, 4.69) is 17.2 Å². The van der Waals surface area contributed by atoms with Crippen molar-refractivity contribution in [3.8, 4) is 0 Å². The lowest BCUT2D eigenvalue weighted by molar-refractivity contribution is -0.127. The van der Waals surface area contributed by atoms with Crippen LogP contribution in [0.2, 0.25) is 0 Å². The Labute approximate surface area is 120 Å². The normalized spacial score (nSPS) is 24.1. The average molecular weight is 276 g/mol. The van der Waals surface area contributed by atoms with Crippen molar-refractivity contribution in [2.24, 2.45) is 5.92 Å². The molecule has 20 heavy (non-hydrogen) atoms. The minimum atomic E-state index is -0.223. The topological polar surface area (TPSA) is 62.2 Å². The molecule has 110 valence electrons. The van der Waals surface area contributed by atoms with Gasteiger partial charge < -0.3 is 10.4 Å². The highest BCUT2D eigenvalue weighted by atomic mass is 16.3. The molecule has 0 spiro atoms. The zero-order valence-corrected chi connectivity index (χ0v) is 12.3. The zero-order valence-electron chi connectivity index (χ0n) is 12.3. The van der Waals surface area contributed by atoms with Crippen LogP contribution in [0.1, 0.15) is 56.3 Å². The molecule has 1 aromatic heterocycles. The van der Waals surface area contributed by atoms with Crippen molar-refractivity contribution >= 4 is 5.91 Å². The lowest BCUT2D eigenvalue weighted by atomic mass is 9.86. The van der Waals surface area contributed by atoms with Gasteiger partial charge in [0, 0.05) is 12.1 Å². The van der Waals surface area contributed by atoms with Gasteiger partial charge in [-0.1, -0.05) is 13.0 Å². The second-order valence-corrected chi connectivity index (χ2v) is 5.68. The molecular formula is C16H24N2O2. The van der Waals surface area contributed by atoms with E-state index in [9.17, 15) is 9.90 Å². The number of aliphatic hydroxyl groups is 1. The maximum absolute atomic E-state index is 12.3. The number of aliphatic hydroxyl groups excluding tert-OH is 1. The lowest BCUT2D eigenvalue weighted by Gasteiger charge is -2.27. The van der Waals surface area contributed by atoms with E-state index in [1.54, 1.807) is 6.20 Å². The molecule has 4 nitrogen and oxygen atoms in total. The lowest BCUT2D eigenvalue weighted by Crippen LogP contribution is -2.36. The van der Waals surface area contributed by atoms with Crippen LogP contribution in [-0.2, 0) is 4.79 Å². The summed E-state index contributed by atoms with van der Waals surface area (Å²) >= 11 is 0. The Morgan fingerprint density at radius 1 is 1.45 bits per heavy atom. The summed E-state index contributed by atoms with van der Waals surface area (Å²) in [6.07, 6.45) is 5.41. The highest BCUT2D eigenvalue weighted by molar-refractivity contribution is 5.79. The van der Waals surface area contributed by atoms with Crippen LogP contribution in [0.4, 0.5) is 0 Å². The number of aromatic nitrogens is 1. The predicted octanol–water partition coefficient (Wildman–Crippen LogP) is 2.51. The predicted molar refractivity (Wildman–Crippen MR) is 78.1 cm³/mol. The van der Waals surface area contributed by atoms with Crippen molar-refractivity contribution in [1.29, 1.82) is 0 Å². The molecule has 1 aliphatic rings. The summed E-state index contributed by atoms with van der Waals surface area (Å²) in [4.78, 5) is 16.7. The number of aryl methyl sites for hydroxylation is 1. The third kappa shape index (κ3) is 3.57. The number of nitrogens with one attached hydrogen (secondary N) is 1. The molecule has 2 N–H and O–H groups in total. The quantitative estimate of drug-likeness (QED) is 0.888. The second kappa shape index (κ2) is 6.84. The fourth-order valence-corrected chi connectivity index (χ4v) is 2.85. The van der Waals surface area contributed by atoms with Gasteiger partial charge in [-0.15, -0.1) is 0 Å². The summed E-state index contributed by atoms with van der Waals surface area (Å²) in [7, 11) is 0. The van der Waals surface area contributed by atoms with Crippen molar-refractivity contribution in [1.82, 2.24) is 10.3 Å². The molecule has 0 aromatic carbocycles. The minimum absolute atomic E-state index is 0.0180. The first kappa shape index (κ1) is 15.0. The fraction of sp³-hybridized carbons (Fsp3) is 0.625. The number of hydrogen-bond donors (Lipinski definition) is 2. The van der Waals surface area contributed by atoms with Gasteiger partial charge in [0.15, 0.2) is 0 Å². The molecule has 0 bridgehead atoms. The van der Waals surface area contributed by atoms with Gasteiger partial charge in [0.2, 0.25) is 5.91 Å². The van der Waals surface area contributed by atoms with Gasteiger partial charge in [-0.25, -0.2) is 0 Å². The number of carbonyl (C=O) groups excluding carboxylic acids is 1. The molecular weight excluding hydrogens is 252 g/mol. The van der Waals surface area contributed by atoms with E-state index < -0.39 is 0 Å². The smallest absolute Gasteiger partial charge is 0.223 e. The Bertz CT molecular complexity index is 454. The first-order chi connectivity index (χ1) is 9.61. The Kier molecular flexibility index (Phi) is 5.12. The number of carbonyl (C=O) groups is 1. The Hall–Kier alpha value is -1.42. The molecule has 1 aliphatic carbocycles. The van der Waals surface area contributed by atoms with Crippen molar-refractivity contribution in [2.45, 2.75) is 58.1 Å². The van der Waals surface area contributed by atoms with Crippen LogP contribution in [0, 0.1) is 12.8 Å². The highest BCUT2D eigenvalue weighted by Gasteiger charge is 2.27. The first-order valence-corrected chi connectivity index (χ1v) is 7.51. The average Bonchev–Trinajstić information content (AvgIpc) is 2.46. The third-order valence-electron chi connectivity index (χ3n) is 4.17. The molecule has 1 saturated carbocycles. The zero-order chi connectivity index (χ0) is 14.5. The van der Waals surface area contributed by atoms with Crippen molar-refractivity contribution in [3.63, 3.8) is 0 Å². The van der Waals surface area contributed by atoms with E-state index in [0.29, 0.717) is 0 Å². The van der Waals surface area contributed by atoms with Gasteiger partial charge in [0.25, 0.3) is 0 Å². The summed E-state index contributed by atoms with van der Waals surface area (Å²) in [5.41, 5.74) is 2.07. The molecule has 2 rings (SSSR count). The molecule has 1 atom stereocenters. The van der Waals surface area contributed by atoms with Crippen molar-refractivity contribution in [2.75, 3.05) is 0 Å². The molecule has 1 heterocycles. The van der Waals surface area contributed by atoms with Crippen LogP contribution in [0.5, 0.6) is 0 Å².